The standard InChI is InChI=1S/2C37H35ClN2O8S3.2Na/c1-3-39(25-27-9-7-11-33(23-27)50(43,44)45)31-19-15-29(16-20-31)37(35-13-5-6-14-36(35)49(38,41)42)30-17-21-32(22-18-30)40(4-2)26-28-10-8-12-34(24-28)51(46,47)48;1-3-39(25-27-9-7-11-33(23-27)49(38,41)42)31-19-15-29(16-20-31)37(35-13-5-6-14-36(35)51(46,47)48)30-17-21-32(22-18-30)40(4-2)26-28-10-8-12-34(24-28)50(43,44)45;;/h2*5-24H,3-4,25-26H2,1-2H3,(H-,43,44,45,46,47,48);;/q;;2*+1/p-2. The second-order valence-electron chi connectivity index (χ2n) is 23.3. The van der Waals surface area contributed by atoms with Crippen molar-refractivity contribution in [2.24, 2.45) is 0 Å². The van der Waals surface area contributed by atoms with Gasteiger partial charge in [-0.2, -0.15) is 0 Å². The quantitative estimate of drug-likeness (QED) is 0.0285. The molecule has 20 nitrogen and oxygen atoms in total. The summed E-state index contributed by atoms with van der Waals surface area (Å²) in [6, 6.07) is 51.5. The van der Waals surface area contributed by atoms with Crippen LogP contribution in [0.25, 0.3) is 11.1 Å². The van der Waals surface area contributed by atoms with Crippen LogP contribution in [0.3, 0.4) is 0 Å². The van der Waals surface area contributed by atoms with Crippen LogP contribution in [0.4, 0.5) is 11.4 Å². The Balaban J connectivity index is 0.000000285. The number of hydrogen-bond acceptors (Lipinski definition) is 18. The van der Waals surface area contributed by atoms with Crippen LogP contribution in [0, 0.1) is 0 Å². The first-order valence-electron chi connectivity index (χ1n) is 31.6. The average Bonchev–Trinajstić information content (AvgIpc) is 0.778. The van der Waals surface area contributed by atoms with Crippen LogP contribution in [0.2, 0.25) is 0 Å². The summed E-state index contributed by atoms with van der Waals surface area (Å²) in [5.41, 5.74) is 10.4. The molecule has 2 aliphatic carbocycles. The van der Waals surface area contributed by atoms with Crippen LogP contribution in [0.1, 0.15) is 72.2 Å². The summed E-state index contributed by atoms with van der Waals surface area (Å²) in [6.45, 7) is 11.5. The fraction of sp³-hybridized carbons (Fsp3) is 0.162. The molecule has 8 aromatic rings. The smallest absolute Gasteiger partial charge is 0.744 e. The normalized spacial score (nSPS) is 13.1. The van der Waals surface area contributed by atoms with Crippen molar-refractivity contribution >= 4 is 114 Å². The summed E-state index contributed by atoms with van der Waals surface area (Å²) in [6.07, 6.45) is 14.9. The van der Waals surface area contributed by atoms with Gasteiger partial charge in [0.25, 0.3) is 18.1 Å². The van der Waals surface area contributed by atoms with Gasteiger partial charge in [-0.05, 0) is 181 Å². The molecule has 104 heavy (non-hydrogen) atoms. The molecule has 0 aromatic heterocycles. The van der Waals surface area contributed by atoms with Crippen molar-refractivity contribution in [2.75, 3.05) is 36.0 Å². The molecule has 0 heterocycles. The van der Waals surface area contributed by atoms with E-state index in [0.29, 0.717) is 108 Å². The summed E-state index contributed by atoms with van der Waals surface area (Å²) < 4.78 is 195. The largest absolute Gasteiger partial charge is 1.00 e. The molecule has 0 unspecified atom stereocenters. The van der Waals surface area contributed by atoms with Gasteiger partial charge in [-0.1, -0.05) is 109 Å². The maximum atomic E-state index is 12.7. The molecule has 532 valence electrons. The maximum Gasteiger partial charge on any atom is 1.00 e. The van der Waals surface area contributed by atoms with Crippen molar-refractivity contribution in [3.8, 4) is 0 Å². The number of rotatable bonds is 24. The summed E-state index contributed by atoms with van der Waals surface area (Å²) in [7, 11) is -15.2. The van der Waals surface area contributed by atoms with Crippen molar-refractivity contribution in [3.63, 3.8) is 0 Å². The minimum absolute atomic E-state index is 0. The summed E-state index contributed by atoms with van der Waals surface area (Å²) in [5, 5.41) is 0. The molecule has 0 fully saturated rings. The van der Waals surface area contributed by atoms with Gasteiger partial charge >= 0.3 is 59.1 Å². The van der Waals surface area contributed by atoms with Gasteiger partial charge in [0.2, 0.25) is 0 Å². The Labute approximate surface area is 661 Å². The Morgan fingerprint density at radius 3 is 1.00 bits per heavy atom. The average molecular weight is 1580 g/mol. The van der Waals surface area contributed by atoms with Gasteiger partial charge in [0, 0.05) is 105 Å². The van der Waals surface area contributed by atoms with Crippen molar-refractivity contribution in [1.29, 1.82) is 0 Å². The van der Waals surface area contributed by atoms with E-state index in [1.165, 1.54) is 84.9 Å². The minimum Gasteiger partial charge on any atom is -0.744 e. The Morgan fingerprint density at radius 2 is 0.673 bits per heavy atom. The molecule has 0 spiro atoms. The van der Waals surface area contributed by atoms with Crippen LogP contribution < -0.4 is 68.9 Å². The Morgan fingerprint density at radius 1 is 0.356 bits per heavy atom. The number of allylic oxidation sites excluding steroid dienone is 10. The zero-order valence-corrected chi connectivity index (χ0v) is 67.7. The first kappa shape index (κ1) is 84.5. The summed E-state index contributed by atoms with van der Waals surface area (Å²) >= 11 is 0. The molecule has 10 rings (SSSR count). The zero-order valence-electron chi connectivity index (χ0n) is 57.3. The third-order valence-electron chi connectivity index (χ3n) is 16.7. The molecule has 0 saturated carbocycles. The molecule has 0 amide bonds. The van der Waals surface area contributed by atoms with Gasteiger partial charge in [-0.25, -0.2) is 59.7 Å². The van der Waals surface area contributed by atoms with Crippen LogP contribution in [0.5, 0.6) is 0 Å². The second-order valence-corrected chi connectivity index (χ2v) is 33.9. The van der Waals surface area contributed by atoms with Gasteiger partial charge in [-0.3, -0.25) is 0 Å². The SMILES string of the molecule is CCN(Cc1cccc(S(=O)(=O)[O-])c1)c1ccc(C(=C2C=CC(=[N+](CC)Cc3cccc(S(=O)(=O)Cl)c3)C=C2)c2ccccc2S(=O)(=O)[O-])cc1.CCN(Cc1cccc(S(=O)(=O)[O-])c1)c1ccc(C(=C2C=CC(=[N+](CC)Cc3cccc(S(=O)(=O)[O-])c3)C=C2)c2ccccc2S(=O)(=O)Cl)cc1.[Na+].[Na+]. The molecule has 0 atom stereocenters. The Hall–Kier alpha value is -6.74. The van der Waals surface area contributed by atoms with Crippen molar-refractivity contribution in [3.05, 3.63) is 298 Å². The molecular formula is C74H68Cl2N4Na2O16S6. The van der Waals surface area contributed by atoms with Crippen molar-refractivity contribution in [1.82, 2.24) is 0 Å². The molecule has 0 N–H and O–H groups in total. The van der Waals surface area contributed by atoms with E-state index in [-0.39, 0.29) is 94.1 Å². The fourth-order valence-electron chi connectivity index (χ4n) is 11.7. The van der Waals surface area contributed by atoms with E-state index in [4.69, 9.17) is 21.4 Å². The van der Waals surface area contributed by atoms with Gasteiger partial charge in [0.15, 0.2) is 24.5 Å². The van der Waals surface area contributed by atoms with Gasteiger partial charge in [-0.15, -0.1) is 0 Å². The van der Waals surface area contributed by atoms with E-state index in [0.717, 1.165) is 28.4 Å². The van der Waals surface area contributed by atoms with Crippen molar-refractivity contribution < 1.29 is 137 Å². The van der Waals surface area contributed by atoms with Gasteiger partial charge in [0.1, 0.15) is 53.6 Å². The first-order valence-corrected chi connectivity index (χ1v) is 41.8. The zero-order chi connectivity index (χ0) is 74.0. The predicted octanol–water partition coefficient (Wildman–Crippen LogP) is 6.11. The fourth-order valence-corrected chi connectivity index (χ4v) is 15.9. The molecule has 8 aromatic carbocycles. The maximum absolute atomic E-state index is 12.7. The number of nitrogens with zero attached hydrogens (tertiary/aromatic N) is 4. The van der Waals surface area contributed by atoms with E-state index in [1.54, 1.807) is 54.6 Å². The third-order valence-corrected chi connectivity index (χ3v) is 22.8. The number of anilines is 2. The van der Waals surface area contributed by atoms with Crippen LogP contribution in [0.15, 0.2) is 283 Å². The number of hydrogen-bond donors (Lipinski definition) is 0. The molecule has 30 heteroatoms. The van der Waals surface area contributed by atoms with Crippen LogP contribution in [-0.4, -0.2) is 115 Å². The van der Waals surface area contributed by atoms with Crippen LogP contribution in [-0.2, 0) is 84.8 Å². The molecule has 0 aliphatic heterocycles. The Bertz CT molecular complexity index is 5160. The third kappa shape index (κ3) is 22.2. The van der Waals surface area contributed by atoms with E-state index >= 15 is 0 Å². The van der Waals surface area contributed by atoms with E-state index < -0.39 is 58.6 Å². The second kappa shape index (κ2) is 36.2. The van der Waals surface area contributed by atoms with Crippen molar-refractivity contribution in [2.45, 2.75) is 83.2 Å². The van der Waals surface area contributed by atoms with E-state index in [1.807, 2.05) is 150 Å². The molecule has 0 bridgehead atoms. The molecule has 2 aliphatic rings. The molecule has 0 saturated heterocycles. The Kier molecular flexibility index (Phi) is 29.4. The monoisotopic (exact) mass is 1580 g/mol. The predicted molar refractivity (Wildman–Crippen MR) is 391 cm³/mol. The first-order chi connectivity index (χ1) is 48.2. The molecule has 0 radical (unpaired) electrons. The number of benzene rings is 8. The van der Waals surface area contributed by atoms with E-state index in [9.17, 15) is 68.7 Å². The van der Waals surface area contributed by atoms with E-state index in [2.05, 4.69) is 0 Å². The van der Waals surface area contributed by atoms with Crippen LogP contribution >= 0.6 is 21.4 Å². The van der Waals surface area contributed by atoms with Gasteiger partial charge < -0.3 is 28.0 Å². The topological polar surface area (TPSA) is 310 Å². The number of halogens is 2. The minimum atomic E-state index is -4.85. The summed E-state index contributed by atoms with van der Waals surface area (Å²) in [4.78, 5) is 2.70. The van der Waals surface area contributed by atoms with Gasteiger partial charge in [0.05, 0.1) is 29.4 Å². The summed E-state index contributed by atoms with van der Waals surface area (Å²) in [5.74, 6) is 0. The molecular weight excluding hydrogens is 1510 g/mol.